The Morgan fingerprint density at radius 2 is 1.77 bits per heavy atom. The minimum absolute atomic E-state index is 0.0716. The number of carbonyl (C=O) groups is 3. The molecule has 0 saturated carbocycles. The molecule has 9 nitrogen and oxygen atoms in total. The van der Waals surface area contributed by atoms with Crippen LogP contribution in [0.15, 0.2) is 54.6 Å². The predicted molar refractivity (Wildman–Crippen MR) is 109 cm³/mol. The van der Waals surface area contributed by atoms with Gasteiger partial charge in [0.15, 0.2) is 23.9 Å². The number of aromatic nitrogens is 4. The zero-order chi connectivity index (χ0) is 21.5. The van der Waals surface area contributed by atoms with Gasteiger partial charge in [-0.05, 0) is 60.2 Å². The van der Waals surface area contributed by atoms with Crippen LogP contribution in [0.4, 0.5) is 5.69 Å². The van der Waals surface area contributed by atoms with E-state index >= 15 is 0 Å². The van der Waals surface area contributed by atoms with Gasteiger partial charge in [0.25, 0.3) is 5.91 Å². The molecular weight excluding hydrogens is 386 g/mol. The molecule has 1 amide bonds. The number of anilines is 1. The number of hydrogen-bond acceptors (Lipinski definition) is 7. The van der Waals surface area contributed by atoms with E-state index in [1.165, 1.54) is 11.6 Å². The number of nitrogens with zero attached hydrogens (tertiary/aromatic N) is 4. The smallest absolute Gasteiger partial charge is 0.357 e. The first kappa shape index (κ1) is 20.6. The van der Waals surface area contributed by atoms with Crippen molar-refractivity contribution >= 4 is 35.1 Å². The fourth-order valence-corrected chi connectivity index (χ4v) is 2.56. The average molecular weight is 405 g/mol. The molecular formula is C21H19N5O4. The Morgan fingerprint density at radius 1 is 1.07 bits per heavy atom. The summed E-state index contributed by atoms with van der Waals surface area (Å²) >= 11 is 0. The minimum Gasteiger partial charge on any atom is -0.451 e. The standard InChI is InChI=1S/C21H19N5O4/c1-14(27)17-8-10-18(11-9-17)22-20(28)13-30-21(29)19(26-15(2)23-24-25-26)12-16-6-4-3-5-7-16/h3-12H,13H2,1-2H3,(H,22,28). The summed E-state index contributed by atoms with van der Waals surface area (Å²) in [7, 11) is 0. The van der Waals surface area contributed by atoms with E-state index in [2.05, 4.69) is 20.8 Å². The molecule has 0 fully saturated rings. The van der Waals surface area contributed by atoms with Gasteiger partial charge >= 0.3 is 5.97 Å². The maximum absolute atomic E-state index is 12.7. The fraction of sp³-hybridized carbons (Fsp3) is 0.143. The van der Waals surface area contributed by atoms with Gasteiger partial charge in [0.1, 0.15) is 0 Å². The average Bonchev–Trinajstić information content (AvgIpc) is 3.17. The number of carbonyl (C=O) groups excluding carboxylic acids is 3. The lowest BCUT2D eigenvalue weighted by Crippen LogP contribution is -2.23. The molecule has 0 aliphatic carbocycles. The van der Waals surface area contributed by atoms with Crippen molar-refractivity contribution in [3.05, 3.63) is 71.5 Å². The SMILES string of the molecule is CC(=O)c1ccc(NC(=O)COC(=O)C(=Cc2ccccc2)n2nnnc2C)cc1. The number of benzene rings is 2. The number of amides is 1. The maximum atomic E-state index is 12.7. The highest BCUT2D eigenvalue weighted by atomic mass is 16.5. The summed E-state index contributed by atoms with van der Waals surface area (Å²) in [6.45, 7) is 2.60. The Labute approximate surface area is 172 Å². The highest BCUT2D eigenvalue weighted by Crippen LogP contribution is 2.14. The number of esters is 1. The maximum Gasteiger partial charge on any atom is 0.357 e. The molecule has 0 saturated heterocycles. The van der Waals surface area contributed by atoms with Gasteiger partial charge < -0.3 is 10.1 Å². The molecule has 0 spiro atoms. The normalized spacial score (nSPS) is 11.1. The predicted octanol–water partition coefficient (Wildman–Crippen LogP) is 2.36. The van der Waals surface area contributed by atoms with Crippen LogP contribution >= 0.6 is 0 Å². The largest absolute Gasteiger partial charge is 0.451 e. The molecule has 30 heavy (non-hydrogen) atoms. The van der Waals surface area contributed by atoms with Gasteiger partial charge in [-0.3, -0.25) is 9.59 Å². The monoisotopic (exact) mass is 405 g/mol. The van der Waals surface area contributed by atoms with Crippen molar-refractivity contribution in [3.63, 3.8) is 0 Å². The molecule has 3 aromatic rings. The first-order valence-electron chi connectivity index (χ1n) is 9.04. The summed E-state index contributed by atoms with van der Waals surface area (Å²) in [6, 6.07) is 15.5. The third-order valence-electron chi connectivity index (χ3n) is 4.08. The Kier molecular flexibility index (Phi) is 6.43. The van der Waals surface area contributed by atoms with E-state index in [1.807, 2.05) is 30.3 Å². The van der Waals surface area contributed by atoms with Gasteiger partial charge in [0.05, 0.1) is 0 Å². The van der Waals surface area contributed by atoms with Crippen LogP contribution in [0.3, 0.4) is 0 Å². The van der Waals surface area contributed by atoms with E-state index in [0.29, 0.717) is 17.1 Å². The highest BCUT2D eigenvalue weighted by Gasteiger charge is 2.19. The van der Waals surface area contributed by atoms with Crippen molar-refractivity contribution in [1.29, 1.82) is 0 Å². The van der Waals surface area contributed by atoms with Crippen LogP contribution in [0.2, 0.25) is 0 Å². The van der Waals surface area contributed by atoms with Crippen molar-refractivity contribution in [2.75, 3.05) is 11.9 Å². The highest BCUT2D eigenvalue weighted by molar-refractivity contribution is 6.15. The molecule has 0 radical (unpaired) electrons. The van der Waals surface area contributed by atoms with Crippen molar-refractivity contribution in [3.8, 4) is 0 Å². The molecule has 2 aromatic carbocycles. The summed E-state index contributed by atoms with van der Waals surface area (Å²) < 4.78 is 6.41. The molecule has 0 bridgehead atoms. The molecule has 1 N–H and O–H groups in total. The van der Waals surface area contributed by atoms with Crippen LogP contribution in [0.5, 0.6) is 0 Å². The Bertz CT molecular complexity index is 1090. The Balaban J connectivity index is 1.68. The van der Waals surface area contributed by atoms with E-state index < -0.39 is 18.5 Å². The second-order valence-corrected chi connectivity index (χ2v) is 6.34. The van der Waals surface area contributed by atoms with Crippen LogP contribution in [0, 0.1) is 6.92 Å². The molecule has 9 heteroatoms. The number of rotatable bonds is 7. The second kappa shape index (κ2) is 9.37. The van der Waals surface area contributed by atoms with Crippen molar-refractivity contribution in [2.45, 2.75) is 13.8 Å². The number of nitrogens with one attached hydrogen (secondary N) is 1. The van der Waals surface area contributed by atoms with E-state index in [4.69, 9.17) is 4.74 Å². The number of aryl methyl sites for hydroxylation is 1. The summed E-state index contributed by atoms with van der Waals surface area (Å²) in [5.41, 5.74) is 1.83. The third-order valence-corrected chi connectivity index (χ3v) is 4.08. The van der Waals surface area contributed by atoms with Gasteiger partial charge in [0, 0.05) is 11.3 Å². The lowest BCUT2D eigenvalue weighted by atomic mass is 10.1. The molecule has 1 heterocycles. The van der Waals surface area contributed by atoms with Crippen LogP contribution in [0.1, 0.15) is 28.7 Å². The zero-order valence-electron chi connectivity index (χ0n) is 16.4. The van der Waals surface area contributed by atoms with E-state index in [1.54, 1.807) is 37.3 Å². The van der Waals surface area contributed by atoms with Gasteiger partial charge in [-0.25, -0.2) is 4.79 Å². The van der Waals surface area contributed by atoms with Crippen LogP contribution < -0.4 is 5.32 Å². The molecule has 0 aliphatic heterocycles. The van der Waals surface area contributed by atoms with Crippen molar-refractivity contribution < 1.29 is 19.1 Å². The number of tetrazole rings is 1. The quantitative estimate of drug-likeness (QED) is 0.364. The summed E-state index contributed by atoms with van der Waals surface area (Å²) in [5, 5.41) is 13.7. The first-order chi connectivity index (χ1) is 14.4. The van der Waals surface area contributed by atoms with E-state index in [-0.39, 0.29) is 11.5 Å². The topological polar surface area (TPSA) is 116 Å². The molecule has 152 valence electrons. The van der Waals surface area contributed by atoms with Crippen LogP contribution in [-0.2, 0) is 14.3 Å². The number of ketones is 1. The molecule has 0 atom stereocenters. The Hall–Kier alpha value is -4.14. The molecule has 0 aliphatic rings. The third kappa shape index (κ3) is 5.22. The van der Waals surface area contributed by atoms with Crippen LogP contribution in [0.25, 0.3) is 11.8 Å². The second-order valence-electron chi connectivity index (χ2n) is 6.34. The minimum atomic E-state index is -0.753. The Morgan fingerprint density at radius 3 is 2.37 bits per heavy atom. The van der Waals surface area contributed by atoms with Crippen LogP contribution in [-0.4, -0.2) is 44.5 Å². The lowest BCUT2D eigenvalue weighted by molar-refractivity contribution is -0.141. The zero-order valence-corrected chi connectivity index (χ0v) is 16.4. The van der Waals surface area contributed by atoms with E-state index in [0.717, 1.165) is 5.56 Å². The van der Waals surface area contributed by atoms with Gasteiger partial charge in [0.2, 0.25) is 0 Å². The number of hydrogen-bond donors (Lipinski definition) is 1. The van der Waals surface area contributed by atoms with Crippen molar-refractivity contribution in [2.24, 2.45) is 0 Å². The molecule has 0 unspecified atom stereocenters. The fourth-order valence-electron chi connectivity index (χ4n) is 2.56. The number of Topliss-reactive ketones (excluding diaryl/α,β-unsaturated/α-hetero) is 1. The molecule has 1 aromatic heterocycles. The molecule has 3 rings (SSSR count). The number of ether oxygens (including phenoxy) is 1. The summed E-state index contributed by atoms with van der Waals surface area (Å²) in [4.78, 5) is 36.1. The lowest BCUT2D eigenvalue weighted by Gasteiger charge is -2.10. The van der Waals surface area contributed by atoms with Gasteiger partial charge in [-0.2, -0.15) is 4.68 Å². The first-order valence-corrected chi connectivity index (χ1v) is 9.04. The van der Waals surface area contributed by atoms with Gasteiger partial charge in [-0.1, -0.05) is 30.3 Å². The summed E-state index contributed by atoms with van der Waals surface area (Å²) in [6.07, 6.45) is 1.57. The van der Waals surface area contributed by atoms with E-state index in [9.17, 15) is 14.4 Å². The summed E-state index contributed by atoms with van der Waals surface area (Å²) in [5.74, 6) is -0.954. The van der Waals surface area contributed by atoms with Gasteiger partial charge in [-0.15, -0.1) is 5.10 Å². The van der Waals surface area contributed by atoms with Crippen molar-refractivity contribution in [1.82, 2.24) is 20.2 Å².